The van der Waals surface area contributed by atoms with E-state index in [4.69, 9.17) is 5.41 Å². The van der Waals surface area contributed by atoms with Crippen LogP contribution in [0.25, 0.3) is 0 Å². The minimum atomic E-state index is 0.936. The van der Waals surface area contributed by atoms with E-state index < -0.39 is 0 Å². The minimum Gasteiger partial charge on any atom is -0.300 e. The van der Waals surface area contributed by atoms with Crippen LogP contribution in [0, 0.1) is 5.41 Å². The number of hydrogen-bond donors (Lipinski definition) is 1. The van der Waals surface area contributed by atoms with Crippen LogP contribution in [0.5, 0.6) is 0 Å². The molecule has 0 fully saturated rings. The smallest absolute Gasteiger partial charge is 0.0959 e. The lowest BCUT2D eigenvalue weighted by Crippen LogP contribution is -2.34. The van der Waals surface area contributed by atoms with E-state index >= 15 is 0 Å². The molecule has 0 bridgehead atoms. The summed E-state index contributed by atoms with van der Waals surface area (Å²) in [5.41, 5.74) is 0. The summed E-state index contributed by atoms with van der Waals surface area (Å²) in [4.78, 5) is 0. The van der Waals surface area contributed by atoms with Crippen LogP contribution in [0.2, 0.25) is 0 Å². The summed E-state index contributed by atoms with van der Waals surface area (Å²) < 4.78 is 0. The first-order valence-corrected chi connectivity index (χ1v) is 2.66. The maximum absolute atomic E-state index is 6.80. The molecule has 3 heteroatoms. The van der Waals surface area contributed by atoms with Gasteiger partial charge in [-0.25, -0.2) is 5.01 Å². The van der Waals surface area contributed by atoms with Gasteiger partial charge in [-0.1, -0.05) is 6.92 Å². The maximum atomic E-state index is 6.80. The van der Waals surface area contributed by atoms with Crippen molar-refractivity contribution in [2.75, 3.05) is 20.6 Å². The highest BCUT2D eigenvalue weighted by Crippen LogP contribution is 1.82. The van der Waals surface area contributed by atoms with E-state index in [0.29, 0.717) is 0 Å². The lowest BCUT2D eigenvalue weighted by atomic mass is 10.7. The van der Waals surface area contributed by atoms with E-state index in [0.717, 1.165) is 6.54 Å². The Morgan fingerprint density at radius 2 is 2.00 bits per heavy atom. The average Bonchev–Trinajstić information content (AvgIpc) is 1.84. The normalized spacial score (nSPS) is 9.50. The van der Waals surface area contributed by atoms with Crippen molar-refractivity contribution in [1.82, 2.24) is 10.0 Å². The van der Waals surface area contributed by atoms with Gasteiger partial charge in [-0.3, -0.25) is 10.4 Å². The molecular weight excluding hydrogens is 102 g/mol. The molecule has 0 heterocycles. The van der Waals surface area contributed by atoms with Crippen molar-refractivity contribution in [2.45, 2.75) is 6.92 Å². The molecule has 0 aromatic rings. The molecule has 0 aliphatic carbocycles. The molecule has 0 saturated heterocycles. The van der Waals surface area contributed by atoms with Gasteiger partial charge in [0.15, 0.2) is 0 Å². The van der Waals surface area contributed by atoms with Gasteiger partial charge >= 0.3 is 0 Å². The predicted octanol–water partition coefficient (Wildman–Crippen LogP) is 0.392. The second-order valence-corrected chi connectivity index (χ2v) is 1.68. The molecular formula is C5H13N3. The lowest BCUT2D eigenvalue weighted by Gasteiger charge is -2.23. The maximum Gasteiger partial charge on any atom is 0.0959 e. The first-order chi connectivity index (χ1) is 3.72. The lowest BCUT2D eigenvalue weighted by molar-refractivity contribution is 0.119. The zero-order valence-electron chi connectivity index (χ0n) is 5.68. The SMILES string of the molecule is CCN(C)N(C)C=N. The van der Waals surface area contributed by atoms with Crippen LogP contribution in [0.3, 0.4) is 0 Å². The van der Waals surface area contributed by atoms with Crippen molar-refractivity contribution in [3.05, 3.63) is 0 Å². The summed E-state index contributed by atoms with van der Waals surface area (Å²) in [5, 5.41) is 10.5. The molecule has 1 N–H and O–H groups in total. The number of rotatable bonds is 3. The summed E-state index contributed by atoms with van der Waals surface area (Å²) >= 11 is 0. The van der Waals surface area contributed by atoms with Crippen molar-refractivity contribution >= 4 is 6.34 Å². The predicted molar refractivity (Wildman–Crippen MR) is 34.9 cm³/mol. The van der Waals surface area contributed by atoms with Crippen molar-refractivity contribution < 1.29 is 0 Å². The number of hydrazine groups is 1. The Bertz CT molecular complexity index is 72.1. The first-order valence-electron chi connectivity index (χ1n) is 2.66. The minimum absolute atomic E-state index is 0.936. The second-order valence-electron chi connectivity index (χ2n) is 1.68. The van der Waals surface area contributed by atoms with E-state index in [9.17, 15) is 0 Å². The molecule has 0 spiro atoms. The van der Waals surface area contributed by atoms with Crippen molar-refractivity contribution in [3.63, 3.8) is 0 Å². The van der Waals surface area contributed by atoms with Gasteiger partial charge in [0.25, 0.3) is 0 Å². The van der Waals surface area contributed by atoms with Gasteiger partial charge in [0.2, 0.25) is 0 Å². The molecule has 0 amide bonds. The Morgan fingerprint density at radius 3 is 2.12 bits per heavy atom. The molecule has 3 nitrogen and oxygen atoms in total. The summed E-state index contributed by atoms with van der Waals surface area (Å²) in [6, 6.07) is 0. The highest BCUT2D eigenvalue weighted by molar-refractivity contribution is 5.48. The van der Waals surface area contributed by atoms with Gasteiger partial charge in [0.05, 0.1) is 6.34 Å². The van der Waals surface area contributed by atoms with Crippen molar-refractivity contribution in [1.29, 1.82) is 5.41 Å². The monoisotopic (exact) mass is 115 g/mol. The fourth-order valence-corrected chi connectivity index (χ4v) is 0.322. The third-order valence-electron chi connectivity index (χ3n) is 1.18. The van der Waals surface area contributed by atoms with E-state index in [2.05, 4.69) is 0 Å². The number of nitrogens with zero attached hydrogens (tertiary/aromatic N) is 2. The van der Waals surface area contributed by atoms with Gasteiger partial charge in [0.1, 0.15) is 0 Å². The average molecular weight is 115 g/mol. The highest BCUT2D eigenvalue weighted by Gasteiger charge is 1.93. The standard InChI is InChI=1S/C5H13N3/c1-4-7(2)8(3)5-6/h5-6H,4H2,1-3H3. The molecule has 48 valence electrons. The second kappa shape index (κ2) is 3.43. The Kier molecular flexibility index (Phi) is 3.19. The van der Waals surface area contributed by atoms with Crippen LogP contribution < -0.4 is 0 Å². The van der Waals surface area contributed by atoms with Crippen LogP contribution in [0.4, 0.5) is 0 Å². The van der Waals surface area contributed by atoms with Gasteiger partial charge in [-0.15, -0.1) is 0 Å². The molecule has 0 radical (unpaired) electrons. The molecule has 0 aromatic carbocycles. The van der Waals surface area contributed by atoms with E-state index in [1.165, 1.54) is 6.34 Å². The molecule has 0 saturated carbocycles. The highest BCUT2D eigenvalue weighted by atomic mass is 15.6. The van der Waals surface area contributed by atoms with Crippen LogP contribution in [0.15, 0.2) is 0 Å². The van der Waals surface area contributed by atoms with E-state index in [1.807, 2.05) is 26.0 Å². The molecule has 0 unspecified atom stereocenters. The molecule has 8 heavy (non-hydrogen) atoms. The third-order valence-corrected chi connectivity index (χ3v) is 1.18. The van der Waals surface area contributed by atoms with Crippen LogP contribution >= 0.6 is 0 Å². The van der Waals surface area contributed by atoms with Gasteiger partial charge in [0, 0.05) is 20.6 Å². The van der Waals surface area contributed by atoms with Crippen LogP contribution in [0.1, 0.15) is 6.92 Å². The van der Waals surface area contributed by atoms with Gasteiger partial charge in [-0.2, -0.15) is 0 Å². The summed E-state index contributed by atoms with van der Waals surface area (Å²) in [6.45, 7) is 2.98. The third kappa shape index (κ3) is 1.93. The topological polar surface area (TPSA) is 30.3 Å². The van der Waals surface area contributed by atoms with Crippen LogP contribution in [-0.2, 0) is 0 Å². The number of nitrogens with one attached hydrogen (secondary N) is 1. The number of hydrogen-bond acceptors (Lipinski definition) is 2. The van der Waals surface area contributed by atoms with Gasteiger partial charge in [-0.05, 0) is 0 Å². The molecule has 0 aliphatic rings. The van der Waals surface area contributed by atoms with Crippen molar-refractivity contribution in [2.24, 2.45) is 0 Å². The summed E-state index contributed by atoms with van der Waals surface area (Å²) in [5.74, 6) is 0. The van der Waals surface area contributed by atoms with E-state index in [1.54, 1.807) is 5.01 Å². The summed E-state index contributed by atoms with van der Waals surface area (Å²) in [6.07, 6.45) is 1.28. The zero-order chi connectivity index (χ0) is 6.57. The quantitative estimate of drug-likeness (QED) is 0.327. The van der Waals surface area contributed by atoms with Gasteiger partial charge < -0.3 is 0 Å². The summed E-state index contributed by atoms with van der Waals surface area (Å²) in [7, 11) is 3.78. The molecule has 0 rings (SSSR count). The van der Waals surface area contributed by atoms with Crippen molar-refractivity contribution in [3.8, 4) is 0 Å². The molecule has 0 aromatic heterocycles. The fraction of sp³-hybridized carbons (Fsp3) is 0.800. The Hall–Kier alpha value is -0.570. The van der Waals surface area contributed by atoms with Crippen LogP contribution in [-0.4, -0.2) is 37.0 Å². The largest absolute Gasteiger partial charge is 0.300 e. The fourth-order valence-electron chi connectivity index (χ4n) is 0.322. The van der Waals surface area contributed by atoms with E-state index in [-0.39, 0.29) is 0 Å². The molecule has 0 atom stereocenters. The Morgan fingerprint density at radius 1 is 1.50 bits per heavy atom. The first kappa shape index (κ1) is 7.43. The Labute approximate surface area is 50.4 Å². The zero-order valence-corrected chi connectivity index (χ0v) is 5.68. The molecule has 0 aliphatic heterocycles. The Balaban J connectivity index is 3.44.